The third-order valence-electron chi connectivity index (χ3n) is 8.73. The van der Waals surface area contributed by atoms with E-state index in [0.717, 1.165) is 17.7 Å². The Labute approximate surface area is 279 Å². The second-order valence-corrected chi connectivity index (χ2v) is 11.8. The number of carbonyl (C=O) groups excluding carboxylic acids is 2. The molecule has 0 radical (unpaired) electrons. The van der Waals surface area contributed by atoms with Gasteiger partial charge in [-0.05, 0) is 49.1 Å². The van der Waals surface area contributed by atoms with Gasteiger partial charge in [0.1, 0.15) is 35.0 Å². The lowest BCUT2D eigenvalue weighted by atomic mass is 9.89. The number of aromatic nitrogens is 1. The van der Waals surface area contributed by atoms with E-state index in [0.29, 0.717) is 34.6 Å². The maximum atomic E-state index is 15.3. The molecule has 1 saturated heterocycles. The van der Waals surface area contributed by atoms with E-state index in [1.165, 1.54) is 26.1 Å². The summed E-state index contributed by atoms with van der Waals surface area (Å²) in [6, 6.07) is 0.819. The molecule has 1 fully saturated rings. The highest BCUT2D eigenvalue weighted by Gasteiger charge is 2.46. The summed E-state index contributed by atoms with van der Waals surface area (Å²) in [5.74, 6) is -5.48. The predicted octanol–water partition coefficient (Wildman–Crippen LogP) is 5.26. The van der Waals surface area contributed by atoms with Crippen LogP contribution < -0.4 is 20.5 Å². The number of aryl methyl sites for hydroxylation is 1. The van der Waals surface area contributed by atoms with Crippen molar-refractivity contribution in [1.29, 1.82) is 0 Å². The molecule has 17 heteroatoms. The van der Waals surface area contributed by atoms with Crippen LogP contribution in [0.5, 0.6) is 5.75 Å². The molecule has 0 spiro atoms. The number of esters is 1. The summed E-state index contributed by atoms with van der Waals surface area (Å²) in [5.41, 5.74) is -3.78. The highest BCUT2D eigenvalue weighted by Crippen LogP contribution is 2.43. The van der Waals surface area contributed by atoms with Gasteiger partial charge in [-0.15, -0.1) is 0 Å². The zero-order chi connectivity index (χ0) is 36.7. The minimum absolute atomic E-state index is 0.0249. The lowest BCUT2D eigenvalue weighted by molar-refractivity contribution is -0.167. The normalized spacial score (nSPS) is 17.1. The Morgan fingerprint density at radius 1 is 1.06 bits per heavy atom. The number of methoxy groups -OCH3 is 1. The number of benzene rings is 2. The Kier molecular flexibility index (Phi) is 10.2. The summed E-state index contributed by atoms with van der Waals surface area (Å²) in [4.78, 5) is 39.9. The molecule has 1 aromatic heterocycles. The first-order valence-electron chi connectivity index (χ1n) is 15.3. The zero-order valence-electron chi connectivity index (χ0n) is 26.9. The molecule has 5 rings (SSSR count). The molecular weight excluding hydrogens is 686 g/mol. The second kappa shape index (κ2) is 13.9. The van der Waals surface area contributed by atoms with Gasteiger partial charge in [0, 0.05) is 37.0 Å². The van der Waals surface area contributed by atoms with Crippen LogP contribution in [0.3, 0.4) is 0 Å². The molecule has 9 nitrogen and oxygen atoms in total. The number of nitrogens with one attached hydrogen (secondary N) is 1. The van der Waals surface area contributed by atoms with E-state index < -0.39 is 82.5 Å². The Hall–Kier alpha value is -4.67. The van der Waals surface area contributed by atoms with Crippen LogP contribution in [0, 0.1) is 18.6 Å². The van der Waals surface area contributed by atoms with Gasteiger partial charge >= 0.3 is 18.3 Å². The topological polar surface area (TPSA) is 99.1 Å². The standard InChI is InChI=1S/C33H31F8N3O6/c1-16-11-21(32(36,37)38)26(30(46)43(16)2)20-7-6-17(19-5-4-9-50-28(19)20)12-24(31(47)48-3)42-29(45)27-22(34)13-18(14-23(27)35)44-8-10-49-15-25(44)33(39,40)41/h6-7,11,13-14,24-25H,4-5,8-10,12,15H2,1-3H3,(H,42,45)/t24-,25+/m0/s1. The number of hydrogen-bond acceptors (Lipinski definition) is 7. The van der Waals surface area contributed by atoms with E-state index >= 15 is 8.78 Å². The number of nitrogens with zero attached hydrogens (tertiary/aromatic N) is 2. The SMILES string of the molecule is COC(=O)[C@H](Cc1ccc(-c2c(C(F)(F)F)cc(C)n(C)c2=O)c2c1CCCO2)NC(=O)c1c(F)cc(N2CCOC[C@@H]2C(F)(F)F)cc1F. The highest BCUT2D eigenvalue weighted by molar-refractivity contribution is 5.97. The van der Waals surface area contributed by atoms with E-state index in [-0.39, 0.29) is 49.6 Å². The number of hydrogen-bond donors (Lipinski definition) is 1. The first-order chi connectivity index (χ1) is 23.4. The van der Waals surface area contributed by atoms with Crippen molar-refractivity contribution in [1.82, 2.24) is 9.88 Å². The number of anilines is 1. The molecule has 0 saturated carbocycles. The van der Waals surface area contributed by atoms with Gasteiger partial charge in [0.25, 0.3) is 11.5 Å². The maximum Gasteiger partial charge on any atom is 0.417 e. The van der Waals surface area contributed by atoms with Gasteiger partial charge in [0.2, 0.25) is 0 Å². The molecule has 0 unspecified atom stereocenters. The monoisotopic (exact) mass is 717 g/mol. The first kappa shape index (κ1) is 36.6. The van der Waals surface area contributed by atoms with Gasteiger partial charge in [-0.3, -0.25) is 9.59 Å². The summed E-state index contributed by atoms with van der Waals surface area (Å²) >= 11 is 0. The van der Waals surface area contributed by atoms with E-state index in [4.69, 9.17) is 14.2 Å². The number of morpholine rings is 1. The quantitative estimate of drug-likeness (QED) is 0.263. The Bertz CT molecular complexity index is 1850. The van der Waals surface area contributed by atoms with E-state index in [1.807, 2.05) is 0 Å². The Morgan fingerprint density at radius 2 is 1.74 bits per heavy atom. The number of halogens is 8. The van der Waals surface area contributed by atoms with Crippen molar-refractivity contribution in [3.63, 3.8) is 0 Å². The Morgan fingerprint density at radius 3 is 2.36 bits per heavy atom. The average molecular weight is 718 g/mol. The summed E-state index contributed by atoms with van der Waals surface area (Å²) in [6.45, 7) is 0.227. The number of fused-ring (bicyclic) bond motifs is 1. The van der Waals surface area contributed by atoms with Crippen molar-refractivity contribution in [2.75, 3.05) is 38.4 Å². The molecule has 1 amide bonds. The number of ether oxygens (including phenoxy) is 3. The number of amides is 1. The number of pyridine rings is 1. The largest absolute Gasteiger partial charge is 0.493 e. The van der Waals surface area contributed by atoms with Gasteiger partial charge in [0.15, 0.2) is 0 Å². The predicted molar refractivity (Wildman–Crippen MR) is 162 cm³/mol. The molecule has 2 aliphatic heterocycles. The number of rotatable bonds is 7. The minimum Gasteiger partial charge on any atom is -0.493 e. The Balaban J connectivity index is 1.49. The van der Waals surface area contributed by atoms with E-state index in [9.17, 15) is 40.7 Å². The lowest BCUT2D eigenvalue weighted by Gasteiger charge is -2.38. The van der Waals surface area contributed by atoms with Crippen molar-refractivity contribution in [2.24, 2.45) is 7.05 Å². The number of alkyl halides is 6. The van der Waals surface area contributed by atoms with Crippen molar-refractivity contribution in [3.8, 4) is 16.9 Å². The van der Waals surface area contributed by atoms with Crippen LogP contribution in [0.25, 0.3) is 11.1 Å². The van der Waals surface area contributed by atoms with Crippen LogP contribution in [-0.4, -0.2) is 68.2 Å². The van der Waals surface area contributed by atoms with Gasteiger partial charge in [-0.25, -0.2) is 13.6 Å². The summed E-state index contributed by atoms with van der Waals surface area (Å²) in [6.07, 6.45) is -9.38. The van der Waals surface area contributed by atoms with Gasteiger partial charge < -0.3 is 29.0 Å². The third-order valence-corrected chi connectivity index (χ3v) is 8.73. The zero-order valence-corrected chi connectivity index (χ0v) is 26.9. The summed E-state index contributed by atoms with van der Waals surface area (Å²) < 4.78 is 130. The van der Waals surface area contributed by atoms with Crippen molar-refractivity contribution in [2.45, 2.75) is 50.6 Å². The first-order valence-corrected chi connectivity index (χ1v) is 15.3. The van der Waals surface area contributed by atoms with Gasteiger partial charge in [0.05, 0.1) is 38.1 Å². The molecule has 0 bridgehead atoms. The fourth-order valence-corrected chi connectivity index (χ4v) is 6.14. The molecule has 270 valence electrons. The van der Waals surface area contributed by atoms with Crippen LogP contribution in [0.4, 0.5) is 40.8 Å². The maximum absolute atomic E-state index is 15.3. The molecule has 2 aromatic carbocycles. The molecule has 0 aliphatic carbocycles. The minimum atomic E-state index is -4.89. The van der Waals surface area contributed by atoms with Crippen molar-refractivity contribution >= 4 is 17.6 Å². The van der Waals surface area contributed by atoms with Crippen LogP contribution in [0.2, 0.25) is 0 Å². The average Bonchev–Trinajstić information content (AvgIpc) is 3.05. The second-order valence-electron chi connectivity index (χ2n) is 11.8. The van der Waals surface area contributed by atoms with Gasteiger partial charge in [-0.1, -0.05) is 12.1 Å². The molecule has 2 aliphatic rings. The smallest absolute Gasteiger partial charge is 0.417 e. The van der Waals surface area contributed by atoms with E-state index in [2.05, 4.69) is 5.32 Å². The van der Waals surface area contributed by atoms with Gasteiger partial charge in [-0.2, -0.15) is 26.3 Å². The summed E-state index contributed by atoms with van der Waals surface area (Å²) in [7, 11) is 2.32. The molecule has 1 N–H and O–H groups in total. The van der Waals surface area contributed by atoms with Crippen LogP contribution in [0.1, 0.15) is 39.2 Å². The van der Waals surface area contributed by atoms with Crippen molar-refractivity contribution in [3.05, 3.63) is 80.3 Å². The third kappa shape index (κ3) is 7.13. The molecule has 50 heavy (non-hydrogen) atoms. The van der Waals surface area contributed by atoms with Crippen LogP contribution in [0.15, 0.2) is 35.1 Å². The van der Waals surface area contributed by atoms with Crippen molar-refractivity contribution < 1.29 is 58.9 Å². The van der Waals surface area contributed by atoms with E-state index in [1.54, 1.807) is 0 Å². The van der Waals surface area contributed by atoms with Crippen LogP contribution in [-0.2, 0) is 40.3 Å². The summed E-state index contributed by atoms with van der Waals surface area (Å²) in [5, 5.41) is 2.20. The molecule has 3 aromatic rings. The molecular formula is C33H31F8N3O6. The fraction of sp³-hybridized carbons (Fsp3) is 0.424. The highest BCUT2D eigenvalue weighted by atomic mass is 19.4. The van der Waals surface area contributed by atoms with Crippen LogP contribution >= 0.6 is 0 Å². The molecule has 3 heterocycles. The lowest BCUT2D eigenvalue weighted by Crippen LogP contribution is -2.53. The number of carbonyl (C=O) groups is 2. The molecule has 2 atom stereocenters. The fourth-order valence-electron chi connectivity index (χ4n) is 6.14.